The molecule has 0 aliphatic heterocycles. The van der Waals surface area contributed by atoms with Gasteiger partial charge in [0.1, 0.15) is 11.6 Å². The van der Waals surface area contributed by atoms with Gasteiger partial charge in [0.15, 0.2) is 0 Å². The first-order chi connectivity index (χ1) is 8.67. The molecule has 0 saturated heterocycles. The van der Waals surface area contributed by atoms with Gasteiger partial charge in [-0.25, -0.2) is 4.98 Å². The molecule has 4 nitrogen and oxygen atoms in total. The quantitative estimate of drug-likeness (QED) is 0.896. The maximum absolute atomic E-state index is 5.17. The Hall–Kier alpha value is -1.81. The lowest BCUT2D eigenvalue weighted by atomic mass is 10.2. The molecule has 0 bridgehead atoms. The summed E-state index contributed by atoms with van der Waals surface area (Å²) >= 11 is 0. The molecule has 2 rings (SSSR count). The van der Waals surface area contributed by atoms with Crippen molar-refractivity contribution in [2.75, 3.05) is 14.2 Å². The Balaban J connectivity index is 2.40. The van der Waals surface area contributed by atoms with Crippen molar-refractivity contribution in [1.29, 1.82) is 0 Å². The number of nitrogens with one attached hydrogen (secondary N) is 1. The Morgan fingerprint density at radius 1 is 1.28 bits per heavy atom. The molecule has 0 atom stereocenters. The molecule has 1 aromatic carbocycles. The minimum atomic E-state index is 0.825. The predicted octanol–water partition coefficient (Wildman–Crippen LogP) is 2.12. The summed E-state index contributed by atoms with van der Waals surface area (Å²) < 4.78 is 7.30. The number of rotatable bonds is 4. The normalized spacial score (nSPS) is 10.7. The molecule has 1 heterocycles. The minimum absolute atomic E-state index is 0.825. The minimum Gasteiger partial charge on any atom is -0.497 e. The molecular weight excluding hydrogens is 226 g/mol. The Morgan fingerprint density at radius 3 is 2.50 bits per heavy atom. The summed E-state index contributed by atoms with van der Waals surface area (Å²) in [5.41, 5.74) is 3.38. The van der Waals surface area contributed by atoms with Gasteiger partial charge in [-0.15, -0.1) is 0 Å². The molecule has 18 heavy (non-hydrogen) atoms. The average Bonchev–Trinajstić information content (AvgIpc) is 2.67. The summed E-state index contributed by atoms with van der Waals surface area (Å²) in [5.74, 6) is 1.85. The van der Waals surface area contributed by atoms with Crippen LogP contribution in [0.15, 0.2) is 24.3 Å². The Bertz CT molecular complexity index is 529. The van der Waals surface area contributed by atoms with Gasteiger partial charge >= 0.3 is 0 Å². The van der Waals surface area contributed by atoms with Crippen molar-refractivity contribution in [2.45, 2.75) is 13.5 Å². The molecule has 0 radical (unpaired) electrons. The van der Waals surface area contributed by atoms with Crippen molar-refractivity contribution >= 4 is 0 Å². The standard InChI is InChI=1S/C14H19N3O/c1-10-13(9-15-2)17(3)14(16-10)11-5-7-12(18-4)8-6-11/h5-8,15H,9H2,1-4H3. The SMILES string of the molecule is CNCc1c(C)nc(-c2ccc(OC)cc2)n1C. The number of aryl methyl sites for hydroxylation is 1. The van der Waals surface area contributed by atoms with Crippen molar-refractivity contribution in [2.24, 2.45) is 7.05 Å². The first kappa shape index (κ1) is 12.6. The molecule has 0 aliphatic rings. The second kappa shape index (κ2) is 5.23. The van der Waals surface area contributed by atoms with Crippen LogP contribution in [0, 0.1) is 6.92 Å². The number of benzene rings is 1. The number of hydrogen-bond donors (Lipinski definition) is 1. The molecule has 1 N–H and O–H groups in total. The van der Waals surface area contributed by atoms with E-state index in [-0.39, 0.29) is 0 Å². The van der Waals surface area contributed by atoms with Crippen LogP contribution in [0.2, 0.25) is 0 Å². The van der Waals surface area contributed by atoms with Crippen molar-refractivity contribution in [3.05, 3.63) is 35.7 Å². The van der Waals surface area contributed by atoms with Crippen LogP contribution < -0.4 is 10.1 Å². The zero-order valence-electron chi connectivity index (χ0n) is 11.3. The van der Waals surface area contributed by atoms with Gasteiger partial charge in [0.05, 0.1) is 18.5 Å². The number of nitrogens with zero attached hydrogens (tertiary/aromatic N) is 2. The van der Waals surface area contributed by atoms with E-state index in [1.54, 1.807) is 7.11 Å². The maximum atomic E-state index is 5.17. The summed E-state index contributed by atoms with van der Waals surface area (Å²) in [7, 11) is 5.66. The Kier molecular flexibility index (Phi) is 3.67. The van der Waals surface area contributed by atoms with Crippen LogP contribution in [0.3, 0.4) is 0 Å². The first-order valence-corrected chi connectivity index (χ1v) is 5.98. The Morgan fingerprint density at radius 2 is 1.94 bits per heavy atom. The van der Waals surface area contributed by atoms with E-state index >= 15 is 0 Å². The van der Waals surface area contributed by atoms with E-state index in [1.807, 2.05) is 45.3 Å². The summed E-state index contributed by atoms with van der Waals surface area (Å²) in [6.45, 7) is 2.87. The van der Waals surface area contributed by atoms with E-state index in [2.05, 4.69) is 14.9 Å². The van der Waals surface area contributed by atoms with E-state index < -0.39 is 0 Å². The van der Waals surface area contributed by atoms with Crippen LogP contribution in [-0.4, -0.2) is 23.7 Å². The fraction of sp³-hybridized carbons (Fsp3) is 0.357. The third-order valence-electron chi connectivity index (χ3n) is 3.11. The number of methoxy groups -OCH3 is 1. The molecule has 0 saturated carbocycles. The summed E-state index contributed by atoms with van der Waals surface area (Å²) in [5, 5.41) is 3.17. The monoisotopic (exact) mass is 245 g/mol. The van der Waals surface area contributed by atoms with Gasteiger partial charge in [0.2, 0.25) is 0 Å². The van der Waals surface area contributed by atoms with E-state index in [4.69, 9.17) is 4.74 Å². The molecule has 0 unspecified atom stereocenters. The highest BCUT2D eigenvalue weighted by Crippen LogP contribution is 2.23. The lowest BCUT2D eigenvalue weighted by molar-refractivity contribution is 0.415. The molecule has 96 valence electrons. The van der Waals surface area contributed by atoms with Crippen LogP contribution in [0.25, 0.3) is 11.4 Å². The van der Waals surface area contributed by atoms with Crippen molar-refractivity contribution in [3.8, 4) is 17.1 Å². The second-order valence-electron chi connectivity index (χ2n) is 4.29. The highest BCUT2D eigenvalue weighted by atomic mass is 16.5. The molecule has 0 amide bonds. The summed E-state index contributed by atoms with van der Waals surface area (Å²) in [6.07, 6.45) is 0. The molecule has 0 fully saturated rings. The van der Waals surface area contributed by atoms with E-state index in [9.17, 15) is 0 Å². The average molecular weight is 245 g/mol. The van der Waals surface area contributed by atoms with Crippen LogP contribution in [0.4, 0.5) is 0 Å². The van der Waals surface area contributed by atoms with E-state index in [0.717, 1.165) is 29.4 Å². The fourth-order valence-electron chi connectivity index (χ4n) is 2.08. The third kappa shape index (κ3) is 2.24. The predicted molar refractivity (Wildman–Crippen MR) is 72.7 cm³/mol. The number of imidazole rings is 1. The summed E-state index contributed by atoms with van der Waals surface area (Å²) in [6, 6.07) is 7.97. The molecule has 1 aromatic heterocycles. The molecule has 4 heteroatoms. The number of ether oxygens (including phenoxy) is 1. The van der Waals surface area contributed by atoms with Gasteiger partial charge in [-0.1, -0.05) is 0 Å². The van der Waals surface area contributed by atoms with E-state index in [0.29, 0.717) is 0 Å². The van der Waals surface area contributed by atoms with Gasteiger partial charge < -0.3 is 14.6 Å². The lowest BCUT2D eigenvalue weighted by Crippen LogP contribution is -2.10. The van der Waals surface area contributed by atoms with Gasteiger partial charge in [-0.3, -0.25) is 0 Å². The van der Waals surface area contributed by atoms with Crippen LogP contribution in [-0.2, 0) is 13.6 Å². The van der Waals surface area contributed by atoms with Crippen molar-refractivity contribution in [3.63, 3.8) is 0 Å². The highest BCUT2D eigenvalue weighted by molar-refractivity contribution is 5.58. The van der Waals surface area contributed by atoms with Crippen LogP contribution in [0.5, 0.6) is 5.75 Å². The maximum Gasteiger partial charge on any atom is 0.140 e. The molecule has 2 aromatic rings. The fourth-order valence-corrected chi connectivity index (χ4v) is 2.08. The molecule has 0 aliphatic carbocycles. The molecule has 0 spiro atoms. The first-order valence-electron chi connectivity index (χ1n) is 5.98. The Labute approximate surface area is 108 Å². The second-order valence-corrected chi connectivity index (χ2v) is 4.29. The van der Waals surface area contributed by atoms with Gasteiger partial charge in [-0.2, -0.15) is 0 Å². The molecular formula is C14H19N3O. The van der Waals surface area contributed by atoms with Gasteiger partial charge in [0, 0.05) is 19.2 Å². The van der Waals surface area contributed by atoms with E-state index in [1.165, 1.54) is 5.69 Å². The zero-order chi connectivity index (χ0) is 13.1. The van der Waals surface area contributed by atoms with Crippen molar-refractivity contribution in [1.82, 2.24) is 14.9 Å². The van der Waals surface area contributed by atoms with Crippen molar-refractivity contribution < 1.29 is 4.74 Å². The zero-order valence-corrected chi connectivity index (χ0v) is 11.3. The number of aromatic nitrogens is 2. The van der Waals surface area contributed by atoms with Gasteiger partial charge in [0.25, 0.3) is 0 Å². The largest absolute Gasteiger partial charge is 0.497 e. The topological polar surface area (TPSA) is 39.1 Å². The third-order valence-corrected chi connectivity index (χ3v) is 3.11. The smallest absolute Gasteiger partial charge is 0.140 e. The lowest BCUT2D eigenvalue weighted by Gasteiger charge is -2.06. The highest BCUT2D eigenvalue weighted by Gasteiger charge is 2.12. The van der Waals surface area contributed by atoms with Crippen LogP contribution in [0.1, 0.15) is 11.4 Å². The van der Waals surface area contributed by atoms with Crippen LogP contribution >= 0.6 is 0 Å². The summed E-state index contributed by atoms with van der Waals surface area (Å²) in [4.78, 5) is 4.64. The number of hydrogen-bond acceptors (Lipinski definition) is 3. The van der Waals surface area contributed by atoms with Gasteiger partial charge in [-0.05, 0) is 38.2 Å².